The summed E-state index contributed by atoms with van der Waals surface area (Å²) in [5, 5.41) is 5.87. The summed E-state index contributed by atoms with van der Waals surface area (Å²) < 4.78 is 5.99. The van der Waals surface area contributed by atoms with E-state index in [2.05, 4.69) is 36.4 Å². The van der Waals surface area contributed by atoms with E-state index in [9.17, 15) is 9.59 Å². The summed E-state index contributed by atoms with van der Waals surface area (Å²) in [5.74, 6) is -0.353. The topological polar surface area (TPSA) is 83.6 Å². The van der Waals surface area contributed by atoms with Crippen LogP contribution in [0.2, 0.25) is 5.15 Å². The van der Waals surface area contributed by atoms with E-state index in [-0.39, 0.29) is 17.0 Å². The van der Waals surface area contributed by atoms with Crippen LogP contribution in [0, 0.1) is 0 Å². The summed E-state index contributed by atoms with van der Waals surface area (Å²) in [5.41, 5.74) is 1.86. The van der Waals surface area contributed by atoms with E-state index in [1.165, 1.54) is 6.20 Å². The number of carbonyl (C=O) groups excluding carboxylic acids is 2. The highest BCUT2D eigenvalue weighted by atomic mass is 79.9. The van der Waals surface area contributed by atoms with E-state index in [0.717, 1.165) is 31.9 Å². The quantitative estimate of drug-likeness (QED) is 0.594. The number of anilines is 1. The van der Waals surface area contributed by atoms with E-state index < -0.39 is 0 Å². The van der Waals surface area contributed by atoms with Gasteiger partial charge in [0.2, 0.25) is 5.91 Å². The first-order valence-corrected chi connectivity index (χ1v) is 10.5. The fraction of sp³-hybridized carbons (Fsp3) is 0.350. The van der Waals surface area contributed by atoms with Crippen molar-refractivity contribution in [3.8, 4) is 0 Å². The number of morpholine rings is 1. The Morgan fingerprint density at radius 3 is 2.83 bits per heavy atom. The van der Waals surface area contributed by atoms with Crippen molar-refractivity contribution in [3.63, 3.8) is 0 Å². The maximum Gasteiger partial charge on any atom is 0.254 e. The lowest BCUT2D eigenvalue weighted by Crippen LogP contribution is -2.38. The Morgan fingerprint density at radius 1 is 1.24 bits per heavy atom. The second kappa shape index (κ2) is 10.7. The summed E-state index contributed by atoms with van der Waals surface area (Å²) >= 11 is 9.27. The predicted octanol–water partition coefficient (Wildman–Crippen LogP) is 3.09. The minimum Gasteiger partial charge on any atom is -0.379 e. The Bertz CT molecular complexity index is 875. The van der Waals surface area contributed by atoms with Gasteiger partial charge in [-0.15, -0.1) is 0 Å². The zero-order chi connectivity index (χ0) is 20.6. The SMILES string of the molecule is O=C(CCN1CCOCC1)Nc1cccc(CNC(=O)c2cc(Br)cnc2Cl)c1. The molecule has 0 atom stereocenters. The molecule has 0 aliphatic carbocycles. The molecule has 2 heterocycles. The number of rotatable bonds is 7. The first-order chi connectivity index (χ1) is 14.0. The van der Waals surface area contributed by atoms with E-state index >= 15 is 0 Å². The molecule has 29 heavy (non-hydrogen) atoms. The number of hydrogen-bond donors (Lipinski definition) is 2. The average Bonchev–Trinajstić information content (AvgIpc) is 2.73. The molecule has 0 unspecified atom stereocenters. The van der Waals surface area contributed by atoms with Crippen LogP contribution in [-0.2, 0) is 16.1 Å². The van der Waals surface area contributed by atoms with Crippen molar-refractivity contribution < 1.29 is 14.3 Å². The third kappa shape index (κ3) is 6.78. The zero-order valence-corrected chi connectivity index (χ0v) is 18.1. The van der Waals surface area contributed by atoms with Crippen molar-refractivity contribution in [3.05, 3.63) is 57.3 Å². The Hall–Kier alpha value is -2.00. The molecule has 0 radical (unpaired) electrons. The lowest BCUT2D eigenvalue weighted by Gasteiger charge is -2.26. The van der Waals surface area contributed by atoms with Gasteiger partial charge in [0, 0.05) is 49.0 Å². The first-order valence-electron chi connectivity index (χ1n) is 9.29. The lowest BCUT2D eigenvalue weighted by atomic mass is 10.2. The van der Waals surface area contributed by atoms with Crippen LogP contribution in [0.25, 0.3) is 0 Å². The number of carbonyl (C=O) groups is 2. The maximum atomic E-state index is 12.3. The van der Waals surface area contributed by atoms with E-state index in [1.807, 2.05) is 24.3 Å². The van der Waals surface area contributed by atoms with E-state index in [0.29, 0.717) is 35.2 Å². The van der Waals surface area contributed by atoms with Gasteiger partial charge < -0.3 is 15.4 Å². The van der Waals surface area contributed by atoms with Crippen LogP contribution in [0.4, 0.5) is 5.69 Å². The molecule has 154 valence electrons. The predicted molar refractivity (Wildman–Crippen MR) is 115 cm³/mol. The fourth-order valence-electron chi connectivity index (χ4n) is 2.93. The number of aromatic nitrogens is 1. The van der Waals surface area contributed by atoms with Gasteiger partial charge in [-0.05, 0) is 39.7 Å². The molecule has 2 aromatic rings. The summed E-state index contributed by atoms with van der Waals surface area (Å²) in [6.45, 7) is 4.18. The summed E-state index contributed by atoms with van der Waals surface area (Å²) in [4.78, 5) is 30.7. The molecule has 1 aliphatic heterocycles. The normalized spacial score (nSPS) is 14.4. The minimum atomic E-state index is -0.316. The Balaban J connectivity index is 1.50. The molecule has 2 N–H and O–H groups in total. The van der Waals surface area contributed by atoms with Crippen LogP contribution < -0.4 is 10.6 Å². The monoisotopic (exact) mass is 480 g/mol. The molecule has 1 fully saturated rings. The molecular weight excluding hydrogens is 460 g/mol. The van der Waals surface area contributed by atoms with Gasteiger partial charge >= 0.3 is 0 Å². The molecule has 1 aromatic heterocycles. The number of halogens is 2. The van der Waals surface area contributed by atoms with Gasteiger partial charge in [0.25, 0.3) is 5.91 Å². The molecule has 9 heteroatoms. The molecule has 1 aromatic carbocycles. The fourth-order valence-corrected chi connectivity index (χ4v) is 3.45. The van der Waals surface area contributed by atoms with Gasteiger partial charge in [-0.25, -0.2) is 4.98 Å². The molecule has 7 nitrogen and oxygen atoms in total. The summed E-state index contributed by atoms with van der Waals surface area (Å²) in [6.07, 6.45) is 1.96. The van der Waals surface area contributed by atoms with Crippen molar-refractivity contribution >= 4 is 45.0 Å². The van der Waals surface area contributed by atoms with Gasteiger partial charge in [0.1, 0.15) is 5.15 Å². The Kier molecular flexibility index (Phi) is 8.00. The van der Waals surface area contributed by atoms with E-state index in [4.69, 9.17) is 16.3 Å². The molecule has 1 saturated heterocycles. The molecular formula is C20H22BrClN4O3. The van der Waals surface area contributed by atoms with Crippen LogP contribution in [0.3, 0.4) is 0 Å². The molecule has 3 rings (SSSR count). The second-order valence-corrected chi connectivity index (χ2v) is 7.90. The molecule has 0 bridgehead atoms. The van der Waals surface area contributed by atoms with Crippen LogP contribution in [0.15, 0.2) is 41.0 Å². The van der Waals surface area contributed by atoms with Gasteiger partial charge in [-0.1, -0.05) is 23.7 Å². The second-order valence-electron chi connectivity index (χ2n) is 6.63. The Morgan fingerprint density at radius 2 is 2.03 bits per heavy atom. The average molecular weight is 482 g/mol. The highest BCUT2D eigenvalue weighted by Crippen LogP contribution is 2.18. The van der Waals surface area contributed by atoms with Crippen molar-refractivity contribution in [1.82, 2.24) is 15.2 Å². The van der Waals surface area contributed by atoms with Crippen LogP contribution in [0.1, 0.15) is 22.3 Å². The number of ether oxygens (including phenoxy) is 1. The van der Waals surface area contributed by atoms with E-state index in [1.54, 1.807) is 6.07 Å². The van der Waals surface area contributed by atoms with Gasteiger partial charge in [-0.3, -0.25) is 14.5 Å². The lowest BCUT2D eigenvalue weighted by molar-refractivity contribution is -0.116. The maximum absolute atomic E-state index is 12.3. The smallest absolute Gasteiger partial charge is 0.254 e. The number of pyridine rings is 1. The third-order valence-corrected chi connectivity index (χ3v) is 5.21. The summed E-state index contributed by atoms with van der Waals surface area (Å²) in [7, 11) is 0. The highest BCUT2D eigenvalue weighted by molar-refractivity contribution is 9.10. The molecule has 1 aliphatic rings. The molecule has 2 amide bonds. The number of nitrogens with one attached hydrogen (secondary N) is 2. The van der Waals surface area contributed by atoms with Gasteiger partial charge in [-0.2, -0.15) is 0 Å². The number of nitrogens with zero attached hydrogens (tertiary/aromatic N) is 2. The Labute approximate surface area is 182 Å². The van der Waals surface area contributed by atoms with Crippen LogP contribution in [0.5, 0.6) is 0 Å². The number of amides is 2. The third-order valence-electron chi connectivity index (χ3n) is 4.47. The minimum absolute atomic E-state index is 0.0373. The van der Waals surface area contributed by atoms with Crippen molar-refractivity contribution in [2.24, 2.45) is 0 Å². The first kappa shape index (κ1) is 21.7. The van der Waals surface area contributed by atoms with Crippen molar-refractivity contribution in [2.75, 3.05) is 38.2 Å². The largest absolute Gasteiger partial charge is 0.379 e. The number of benzene rings is 1. The van der Waals surface area contributed by atoms with Crippen LogP contribution >= 0.6 is 27.5 Å². The van der Waals surface area contributed by atoms with Crippen LogP contribution in [-0.4, -0.2) is 54.5 Å². The van der Waals surface area contributed by atoms with Crippen molar-refractivity contribution in [2.45, 2.75) is 13.0 Å². The van der Waals surface area contributed by atoms with Gasteiger partial charge in [0.15, 0.2) is 0 Å². The zero-order valence-electron chi connectivity index (χ0n) is 15.8. The summed E-state index contributed by atoms with van der Waals surface area (Å²) in [6, 6.07) is 9.01. The highest BCUT2D eigenvalue weighted by Gasteiger charge is 2.13. The standard InChI is InChI=1S/C20H22BrClN4O3/c21-15-11-17(19(22)23-13-15)20(28)24-12-14-2-1-3-16(10-14)25-18(27)4-5-26-6-8-29-9-7-26/h1-3,10-11,13H,4-9,12H2,(H,24,28)(H,25,27). The number of hydrogen-bond acceptors (Lipinski definition) is 5. The molecule has 0 saturated carbocycles. The molecule has 0 spiro atoms. The van der Waals surface area contributed by atoms with Gasteiger partial charge in [0.05, 0.1) is 18.8 Å². The van der Waals surface area contributed by atoms with Crippen molar-refractivity contribution in [1.29, 1.82) is 0 Å².